The van der Waals surface area contributed by atoms with Crippen LogP contribution in [0.1, 0.15) is 13.3 Å². The van der Waals surface area contributed by atoms with E-state index in [4.69, 9.17) is 11.6 Å². The van der Waals surface area contributed by atoms with Crippen LogP contribution in [0, 0.1) is 0 Å². The molecule has 1 saturated heterocycles. The molecule has 1 aliphatic heterocycles. The first-order valence-corrected chi connectivity index (χ1v) is 6.97. The van der Waals surface area contributed by atoms with E-state index in [1.54, 1.807) is 0 Å². The van der Waals surface area contributed by atoms with Gasteiger partial charge < -0.3 is 10.0 Å². The number of hydrogen-bond acceptors (Lipinski definition) is 3. The first-order valence-electron chi connectivity index (χ1n) is 6.59. The summed E-state index contributed by atoms with van der Waals surface area (Å²) in [5.41, 5.74) is 1.03. The smallest absolute Gasteiger partial charge is 0.320 e. The van der Waals surface area contributed by atoms with Gasteiger partial charge in [0.1, 0.15) is 6.04 Å². The van der Waals surface area contributed by atoms with Crippen LogP contribution in [0.15, 0.2) is 24.3 Å². The molecule has 4 nitrogen and oxygen atoms in total. The van der Waals surface area contributed by atoms with Crippen LogP contribution >= 0.6 is 11.6 Å². The number of halogens is 1. The lowest BCUT2D eigenvalue weighted by Crippen LogP contribution is -2.52. The Morgan fingerprint density at radius 1 is 1.32 bits per heavy atom. The highest BCUT2D eigenvalue weighted by atomic mass is 35.5. The van der Waals surface area contributed by atoms with Gasteiger partial charge in [-0.2, -0.15) is 0 Å². The first kappa shape index (κ1) is 14.2. The topological polar surface area (TPSA) is 43.8 Å². The zero-order valence-corrected chi connectivity index (χ0v) is 11.8. The molecule has 2 rings (SSSR count). The lowest BCUT2D eigenvalue weighted by Gasteiger charge is -2.38. The van der Waals surface area contributed by atoms with Gasteiger partial charge in [0.05, 0.1) is 10.7 Å². The molecule has 0 saturated carbocycles. The summed E-state index contributed by atoms with van der Waals surface area (Å²) in [5.74, 6) is -0.728. The molecule has 1 N–H and O–H groups in total. The summed E-state index contributed by atoms with van der Waals surface area (Å²) in [5, 5.41) is 9.93. The average molecular weight is 283 g/mol. The lowest BCUT2D eigenvalue weighted by atomic mass is 10.1. The SMILES string of the molecule is CCC(C(=O)O)N1CCN(c2ccccc2Cl)CC1. The predicted octanol–water partition coefficient (Wildman–Crippen LogP) is 2.33. The van der Waals surface area contributed by atoms with Crippen molar-refractivity contribution < 1.29 is 9.90 Å². The second-order valence-corrected chi connectivity index (χ2v) is 5.14. The van der Waals surface area contributed by atoms with Gasteiger partial charge in [0.15, 0.2) is 0 Å². The standard InChI is InChI=1S/C14H19ClN2O2/c1-2-12(14(18)19)16-7-9-17(10-8-16)13-6-4-3-5-11(13)15/h3-6,12H,2,7-10H2,1H3,(H,18,19). The summed E-state index contributed by atoms with van der Waals surface area (Å²) in [6.07, 6.45) is 0.640. The first-order chi connectivity index (χ1) is 9.13. The van der Waals surface area contributed by atoms with Crippen LogP contribution in [-0.4, -0.2) is 48.2 Å². The summed E-state index contributed by atoms with van der Waals surface area (Å²) in [4.78, 5) is 15.4. The third-order valence-corrected chi connectivity index (χ3v) is 3.94. The normalized spacial score (nSPS) is 18.3. The molecule has 0 aliphatic carbocycles. The molecule has 1 aromatic rings. The average Bonchev–Trinajstić information content (AvgIpc) is 2.41. The number of aliphatic carboxylic acids is 1. The van der Waals surface area contributed by atoms with E-state index in [0.29, 0.717) is 6.42 Å². The number of carboxylic acid groups (broad SMARTS) is 1. The molecule has 1 fully saturated rings. The van der Waals surface area contributed by atoms with Gasteiger partial charge in [0.25, 0.3) is 0 Å². The molecule has 0 aromatic heterocycles. The van der Waals surface area contributed by atoms with Gasteiger partial charge in [-0.25, -0.2) is 0 Å². The third-order valence-electron chi connectivity index (χ3n) is 3.62. The summed E-state index contributed by atoms with van der Waals surface area (Å²) in [6.45, 7) is 5.06. The molecule has 1 heterocycles. The zero-order valence-electron chi connectivity index (χ0n) is 11.1. The number of benzene rings is 1. The fourth-order valence-corrected chi connectivity index (χ4v) is 2.83. The van der Waals surface area contributed by atoms with Crippen LogP contribution in [0.25, 0.3) is 0 Å². The molecule has 0 amide bonds. The molecule has 0 bridgehead atoms. The molecule has 5 heteroatoms. The van der Waals surface area contributed by atoms with E-state index in [1.165, 1.54) is 0 Å². The zero-order chi connectivity index (χ0) is 13.8. The van der Waals surface area contributed by atoms with Crippen molar-refractivity contribution in [2.24, 2.45) is 0 Å². The minimum atomic E-state index is -0.728. The van der Waals surface area contributed by atoms with Crippen molar-refractivity contribution >= 4 is 23.3 Å². The summed E-state index contributed by atoms with van der Waals surface area (Å²) in [7, 11) is 0. The number of piperazine rings is 1. The number of carbonyl (C=O) groups is 1. The van der Waals surface area contributed by atoms with Crippen LogP contribution in [-0.2, 0) is 4.79 Å². The molecule has 104 valence electrons. The predicted molar refractivity (Wildman–Crippen MR) is 77.0 cm³/mol. The van der Waals surface area contributed by atoms with E-state index in [2.05, 4.69) is 4.90 Å². The Hall–Kier alpha value is -1.26. The summed E-state index contributed by atoms with van der Waals surface area (Å²) in [6, 6.07) is 7.41. The molecule has 19 heavy (non-hydrogen) atoms. The molecule has 1 unspecified atom stereocenters. The van der Waals surface area contributed by atoms with E-state index in [1.807, 2.05) is 36.1 Å². The fourth-order valence-electron chi connectivity index (χ4n) is 2.57. The molecule has 1 aromatic carbocycles. The monoisotopic (exact) mass is 282 g/mol. The molecule has 0 radical (unpaired) electrons. The van der Waals surface area contributed by atoms with Crippen molar-refractivity contribution in [3.8, 4) is 0 Å². The van der Waals surface area contributed by atoms with E-state index >= 15 is 0 Å². The number of nitrogens with zero attached hydrogens (tertiary/aromatic N) is 2. The third kappa shape index (κ3) is 3.19. The molecule has 1 atom stereocenters. The number of carboxylic acids is 1. The highest BCUT2D eigenvalue weighted by molar-refractivity contribution is 6.33. The maximum absolute atomic E-state index is 11.2. The van der Waals surface area contributed by atoms with Gasteiger partial charge in [-0.15, -0.1) is 0 Å². The van der Waals surface area contributed by atoms with E-state index in [9.17, 15) is 9.90 Å². The minimum Gasteiger partial charge on any atom is -0.480 e. The minimum absolute atomic E-state index is 0.367. The Bertz CT molecular complexity index is 445. The van der Waals surface area contributed by atoms with Gasteiger partial charge in [0.2, 0.25) is 0 Å². The van der Waals surface area contributed by atoms with Crippen molar-refractivity contribution in [2.75, 3.05) is 31.1 Å². The fraction of sp³-hybridized carbons (Fsp3) is 0.500. The van der Waals surface area contributed by atoms with Crippen LogP contribution < -0.4 is 4.90 Å². The van der Waals surface area contributed by atoms with Crippen LogP contribution in [0.5, 0.6) is 0 Å². The second kappa shape index (κ2) is 6.26. The Morgan fingerprint density at radius 3 is 2.47 bits per heavy atom. The van der Waals surface area contributed by atoms with Gasteiger partial charge >= 0.3 is 5.97 Å². The Labute approximate surface area is 118 Å². The van der Waals surface area contributed by atoms with Crippen molar-refractivity contribution in [2.45, 2.75) is 19.4 Å². The number of hydrogen-bond donors (Lipinski definition) is 1. The maximum Gasteiger partial charge on any atom is 0.320 e. The Balaban J connectivity index is 2.00. The van der Waals surface area contributed by atoms with Gasteiger partial charge in [-0.3, -0.25) is 9.69 Å². The second-order valence-electron chi connectivity index (χ2n) is 4.74. The number of anilines is 1. The van der Waals surface area contributed by atoms with Crippen LogP contribution in [0.4, 0.5) is 5.69 Å². The van der Waals surface area contributed by atoms with Crippen LogP contribution in [0.3, 0.4) is 0 Å². The summed E-state index contributed by atoms with van der Waals surface area (Å²) < 4.78 is 0. The quantitative estimate of drug-likeness (QED) is 0.920. The molecule has 0 spiro atoms. The van der Waals surface area contributed by atoms with E-state index in [-0.39, 0.29) is 6.04 Å². The maximum atomic E-state index is 11.2. The molecule has 1 aliphatic rings. The number of rotatable bonds is 4. The van der Waals surface area contributed by atoms with E-state index in [0.717, 1.165) is 36.9 Å². The van der Waals surface area contributed by atoms with Gasteiger partial charge in [-0.05, 0) is 18.6 Å². The Morgan fingerprint density at radius 2 is 1.95 bits per heavy atom. The van der Waals surface area contributed by atoms with Crippen molar-refractivity contribution in [1.82, 2.24) is 4.90 Å². The summed E-state index contributed by atoms with van der Waals surface area (Å²) >= 11 is 6.18. The Kier molecular flexibility index (Phi) is 4.66. The molecular weight excluding hydrogens is 264 g/mol. The lowest BCUT2D eigenvalue weighted by molar-refractivity contribution is -0.143. The van der Waals surface area contributed by atoms with Crippen molar-refractivity contribution in [3.05, 3.63) is 29.3 Å². The number of para-hydroxylation sites is 1. The highest BCUT2D eigenvalue weighted by Crippen LogP contribution is 2.26. The van der Waals surface area contributed by atoms with Crippen molar-refractivity contribution in [3.63, 3.8) is 0 Å². The van der Waals surface area contributed by atoms with Gasteiger partial charge in [0, 0.05) is 26.2 Å². The molecular formula is C14H19ClN2O2. The van der Waals surface area contributed by atoms with Crippen LogP contribution in [0.2, 0.25) is 5.02 Å². The van der Waals surface area contributed by atoms with E-state index < -0.39 is 5.97 Å². The largest absolute Gasteiger partial charge is 0.480 e. The van der Waals surface area contributed by atoms with Crippen molar-refractivity contribution in [1.29, 1.82) is 0 Å². The van der Waals surface area contributed by atoms with Gasteiger partial charge in [-0.1, -0.05) is 30.7 Å². The highest BCUT2D eigenvalue weighted by Gasteiger charge is 2.27.